The molecule has 1 aliphatic heterocycles. The Hall–Kier alpha value is -0.860. The van der Waals surface area contributed by atoms with Crippen LogP contribution >= 0.6 is 0 Å². The molecule has 1 aliphatic carbocycles. The highest BCUT2D eigenvalue weighted by molar-refractivity contribution is 5.15. The fourth-order valence-corrected chi connectivity index (χ4v) is 3.26. The predicted molar refractivity (Wildman–Crippen MR) is 73.3 cm³/mol. The van der Waals surface area contributed by atoms with Gasteiger partial charge in [-0.1, -0.05) is 30.3 Å². The van der Waals surface area contributed by atoms with E-state index in [2.05, 4.69) is 49.1 Å². The summed E-state index contributed by atoms with van der Waals surface area (Å²) in [6.45, 7) is 8.88. The van der Waals surface area contributed by atoms with Gasteiger partial charge in [0, 0.05) is 19.6 Å². The largest absolute Gasteiger partial charge is 0.378 e. The van der Waals surface area contributed by atoms with Gasteiger partial charge in [0.25, 0.3) is 0 Å². The fraction of sp³-hybridized carbons (Fsp3) is 0.625. The van der Waals surface area contributed by atoms with E-state index in [-0.39, 0.29) is 0 Å². The van der Waals surface area contributed by atoms with Crippen molar-refractivity contribution < 1.29 is 4.74 Å². The van der Waals surface area contributed by atoms with Crippen LogP contribution in [0.15, 0.2) is 30.3 Å². The summed E-state index contributed by atoms with van der Waals surface area (Å²) in [6.07, 6.45) is 0.381. The number of hydrogen-bond acceptors (Lipinski definition) is 2. The number of rotatable bonds is 5. The molecule has 1 aromatic carbocycles. The number of hydrogen-bond donors (Lipinski definition) is 0. The molecule has 0 aromatic heterocycles. The summed E-state index contributed by atoms with van der Waals surface area (Å²) >= 11 is 0. The number of nitrogens with zero attached hydrogens (tertiary/aromatic N) is 1. The first-order valence-electron chi connectivity index (χ1n) is 7.12. The Morgan fingerprint density at radius 3 is 2.44 bits per heavy atom. The van der Waals surface area contributed by atoms with Crippen molar-refractivity contribution >= 4 is 0 Å². The molecular weight excluding hydrogens is 222 g/mol. The first-order valence-corrected chi connectivity index (χ1v) is 7.12. The van der Waals surface area contributed by atoms with E-state index in [1.54, 1.807) is 0 Å². The van der Waals surface area contributed by atoms with Crippen molar-refractivity contribution in [2.75, 3.05) is 19.7 Å². The first-order chi connectivity index (χ1) is 8.74. The first kappa shape index (κ1) is 12.2. The van der Waals surface area contributed by atoms with Crippen molar-refractivity contribution in [1.82, 2.24) is 4.90 Å². The average Bonchev–Trinajstić information content (AvgIpc) is 2.81. The number of piperidine rings is 1. The molecule has 0 bridgehead atoms. The van der Waals surface area contributed by atoms with Crippen LogP contribution < -0.4 is 0 Å². The molecule has 2 nitrogen and oxygen atoms in total. The van der Waals surface area contributed by atoms with E-state index in [1.165, 1.54) is 18.7 Å². The second-order valence-corrected chi connectivity index (χ2v) is 6.05. The molecule has 3 rings (SSSR count). The van der Waals surface area contributed by atoms with Crippen molar-refractivity contribution in [3.63, 3.8) is 0 Å². The molecule has 0 N–H and O–H groups in total. The molecule has 1 saturated carbocycles. The molecule has 0 spiro atoms. The summed E-state index contributed by atoms with van der Waals surface area (Å²) in [7, 11) is 0. The fourth-order valence-electron chi connectivity index (χ4n) is 3.26. The van der Waals surface area contributed by atoms with Crippen LogP contribution in [0.1, 0.15) is 19.4 Å². The minimum Gasteiger partial charge on any atom is -0.378 e. The highest BCUT2D eigenvalue weighted by atomic mass is 16.5. The van der Waals surface area contributed by atoms with Crippen LogP contribution in [0.3, 0.4) is 0 Å². The maximum atomic E-state index is 5.74. The molecule has 2 fully saturated rings. The third kappa shape index (κ3) is 2.60. The lowest BCUT2D eigenvalue weighted by molar-refractivity contribution is 0.0605. The van der Waals surface area contributed by atoms with E-state index >= 15 is 0 Å². The van der Waals surface area contributed by atoms with E-state index in [9.17, 15) is 0 Å². The molecule has 98 valence electrons. The molecular formula is C16H23NO. The molecule has 1 heterocycles. The van der Waals surface area contributed by atoms with Gasteiger partial charge in [-0.05, 0) is 37.2 Å². The molecule has 2 atom stereocenters. The second-order valence-electron chi connectivity index (χ2n) is 6.05. The topological polar surface area (TPSA) is 12.5 Å². The zero-order valence-electron chi connectivity index (χ0n) is 11.4. The quantitative estimate of drug-likeness (QED) is 0.791. The lowest BCUT2D eigenvalue weighted by Crippen LogP contribution is -2.25. The van der Waals surface area contributed by atoms with Gasteiger partial charge in [-0.15, -0.1) is 0 Å². The Labute approximate surface area is 110 Å². The van der Waals surface area contributed by atoms with Gasteiger partial charge in [0.1, 0.15) is 0 Å². The van der Waals surface area contributed by atoms with Crippen molar-refractivity contribution in [1.29, 1.82) is 0 Å². The Bertz CT molecular complexity index is 377. The third-order valence-electron chi connectivity index (χ3n) is 4.32. The summed E-state index contributed by atoms with van der Waals surface area (Å²) in [5.74, 6) is 2.67. The van der Waals surface area contributed by atoms with Gasteiger partial charge in [0.05, 0.1) is 12.7 Å². The van der Waals surface area contributed by atoms with E-state index in [1.807, 2.05) is 0 Å². The number of likely N-dealkylation sites (tertiary alicyclic amines) is 1. The average molecular weight is 245 g/mol. The molecule has 1 saturated heterocycles. The maximum Gasteiger partial charge on any atom is 0.0519 e. The SMILES string of the molecule is CC(C)OCC1C2CN(Cc3ccccc3)CC12. The van der Waals surface area contributed by atoms with Crippen LogP contribution in [0.25, 0.3) is 0 Å². The number of ether oxygens (including phenoxy) is 1. The van der Waals surface area contributed by atoms with Crippen LogP contribution in [-0.4, -0.2) is 30.7 Å². The van der Waals surface area contributed by atoms with Gasteiger partial charge < -0.3 is 4.74 Å². The lowest BCUT2D eigenvalue weighted by Gasteiger charge is -2.19. The van der Waals surface area contributed by atoms with Gasteiger partial charge in [-0.3, -0.25) is 4.90 Å². The summed E-state index contributed by atoms with van der Waals surface area (Å²) in [6, 6.07) is 10.8. The summed E-state index contributed by atoms with van der Waals surface area (Å²) in [5.41, 5.74) is 1.44. The molecule has 2 aliphatic rings. The lowest BCUT2D eigenvalue weighted by atomic mass is 10.2. The second kappa shape index (κ2) is 5.02. The van der Waals surface area contributed by atoms with Crippen molar-refractivity contribution in [3.05, 3.63) is 35.9 Å². The van der Waals surface area contributed by atoms with Gasteiger partial charge in [-0.25, -0.2) is 0 Å². The van der Waals surface area contributed by atoms with Crippen molar-refractivity contribution in [2.24, 2.45) is 17.8 Å². The Kier molecular flexibility index (Phi) is 3.40. The third-order valence-corrected chi connectivity index (χ3v) is 4.32. The molecule has 18 heavy (non-hydrogen) atoms. The molecule has 2 heteroatoms. The van der Waals surface area contributed by atoms with Gasteiger partial charge >= 0.3 is 0 Å². The molecule has 0 amide bonds. The van der Waals surface area contributed by atoms with Crippen LogP contribution in [0.4, 0.5) is 0 Å². The zero-order valence-corrected chi connectivity index (χ0v) is 11.4. The minimum absolute atomic E-state index is 0.381. The monoisotopic (exact) mass is 245 g/mol. The number of benzene rings is 1. The van der Waals surface area contributed by atoms with Gasteiger partial charge in [-0.2, -0.15) is 0 Å². The number of fused-ring (bicyclic) bond motifs is 1. The van der Waals surface area contributed by atoms with Crippen molar-refractivity contribution in [3.8, 4) is 0 Å². The van der Waals surface area contributed by atoms with E-state index in [0.29, 0.717) is 6.10 Å². The summed E-state index contributed by atoms with van der Waals surface area (Å²) < 4.78 is 5.74. The summed E-state index contributed by atoms with van der Waals surface area (Å²) in [5, 5.41) is 0. The van der Waals surface area contributed by atoms with Crippen LogP contribution in [0, 0.1) is 17.8 Å². The predicted octanol–water partition coefficient (Wildman–Crippen LogP) is 2.79. The van der Waals surface area contributed by atoms with Gasteiger partial charge in [0.15, 0.2) is 0 Å². The minimum atomic E-state index is 0.381. The van der Waals surface area contributed by atoms with E-state index in [0.717, 1.165) is 30.9 Å². The smallest absolute Gasteiger partial charge is 0.0519 e. The summed E-state index contributed by atoms with van der Waals surface area (Å²) in [4.78, 5) is 2.59. The maximum absolute atomic E-state index is 5.74. The highest BCUT2D eigenvalue weighted by Crippen LogP contribution is 2.52. The van der Waals surface area contributed by atoms with Crippen LogP contribution in [0.5, 0.6) is 0 Å². The molecule has 2 unspecified atom stereocenters. The normalized spacial score (nSPS) is 30.7. The molecule has 0 radical (unpaired) electrons. The van der Waals surface area contributed by atoms with E-state index in [4.69, 9.17) is 4.74 Å². The molecule has 1 aromatic rings. The zero-order chi connectivity index (χ0) is 12.5. The Morgan fingerprint density at radius 2 is 1.83 bits per heavy atom. The van der Waals surface area contributed by atoms with E-state index < -0.39 is 0 Å². The van der Waals surface area contributed by atoms with Crippen molar-refractivity contribution in [2.45, 2.75) is 26.5 Å². The standard InChI is InChI=1S/C16H23NO/c1-12(2)18-11-16-14-9-17(10-15(14)16)8-13-6-4-3-5-7-13/h3-7,12,14-16H,8-11H2,1-2H3. The Balaban J connectivity index is 1.44. The Morgan fingerprint density at radius 1 is 1.17 bits per heavy atom. The van der Waals surface area contributed by atoms with Crippen LogP contribution in [0.2, 0.25) is 0 Å². The van der Waals surface area contributed by atoms with Gasteiger partial charge in [0.2, 0.25) is 0 Å². The van der Waals surface area contributed by atoms with Crippen LogP contribution in [-0.2, 0) is 11.3 Å². The highest BCUT2D eigenvalue weighted by Gasteiger charge is 2.55.